The van der Waals surface area contributed by atoms with Crippen LogP contribution in [0.1, 0.15) is 52.7 Å². The van der Waals surface area contributed by atoms with Gasteiger partial charge in [0.1, 0.15) is 15.0 Å². The number of ether oxygens (including phenoxy) is 1. The lowest BCUT2D eigenvalue weighted by atomic mass is 9.83. The molecule has 4 aromatic rings. The van der Waals surface area contributed by atoms with Crippen LogP contribution >= 0.6 is 14.8 Å². The maximum Gasteiger partial charge on any atom is 0.573 e. The quantitative estimate of drug-likeness (QED) is 0.227. The number of benzene rings is 4. The Morgan fingerprint density at radius 1 is 0.694 bits per heavy atom. The third-order valence-electron chi connectivity index (χ3n) is 6.34. The summed E-state index contributed by atoms with van der Waals surface area (Å²) in [6.45, 7) is 12.6. The van der Waals surface area contributed by atoms with Gasteiger partial charge in [-0.3, -0.25) is 0 Å². The van der Waals surface area contributed by atoms with E-state index in [1.807, 2.05) is 42.5 Å². The maximum absolute atomic E-state index is 13.5. The molecule has 0 aliphatic carbocycles. The summed E-state index contributed by atoms with van der Waals surface area (Å²) < 4.78 is 57.9. The van der Waals surface area contributed by atoms with E-state index >= 15 is 0 Å². The molecule has 0 radical (unpaired) electrons. The molecule has 0 aromatic heterocycles. The second-order valence-electron chi connectivity index (χ2n) is 11.0. The highest BCUT2D eigenvalue weighted by molar-refractivity contribution is 9.46. The van der Waals surface area contributed by atoms with Gasteiger partial charge in [-0.05, 0) is 55.6 Å². The fourth-order valence-corrected chi connectivity index (χ4v) is 5.77. The molecule has 36 heavy (non-hydrogen) atoms. The normalized spacial score (nSPS) is 13.8. The van der Waals surface area contributed by atoms with Crippen molar-refractivity contribution in [3.8, 4) is 16.9 Å². The molecule has 0 spiro atoms. The largest absolute Gasteiger partial charge is 0.573 e. The predicted octanol–water partition coefficient (Wildman–Crippen LogP) is 9.57. The molecular weight excluding hydrogens is 549 g/mol. The Morgan fingerprint density at radius 2 is 1.17 bits per heavy atom. The van der Waals surface area contributed by atoms with E-state index < -0.39 is 15.6 Å². The zero-order valence-corrected chi connectivity index (χ0v) is 23.4. The van der Waals surface area contributed by atoms with E-state index in [1.54, 1.807) is 12.1 Å². The van der Waals surface area contributed by atoms with Gasteiger partial charge in [0.2, 0.25) is 0 Å². The molecule has 0 aliphatic heterocycles. The number of alkyl halides is 3. The molecule has 4 rings (SSSR count). The van der Waals surface area contributed by atoms with E-state index in [-0.39, 0.29) is 22.1 Å². The minimum absolute atomic E-state index is 0.112. The lowest BCUT2D eigenvalue weighted by Crippen LogP contribution is -2.18. The molecule has 4 aromatic carbocycles. The average molecular weight is 578 g/mol. The van der Waals surface area contributed by atoms with Crippen LogP contribution in [-0.2, 0) is 20.1 Å². The summed E-state index contributed by atoms with van der Waals surface area (Å²) in [5, 5.41) is 2.92. The predicted molar refractivity (Wildman–Crippen MR) is 146 cm³/mol. The summed E-state index contributed by atoms with van der Waals surface area (Å²) in [7, 11) is -1.64. The van der Waals surface area contributed by atoms with Gasteiger partial charge in [0.15, 0.2) is 0 Å². The van der Waals surface area contributed by atoms with Gasteiger partial charge in [-0.1, -0.05) is 90.1 Å². The van der Waals surface area contributed by atoms with E-state index in [0.717, 1.165) is 21.9 Å². The van der Waals surface area contributed by atoms with Crippen molar-refractivity contribution in [2.45, 2.75) is 63.6 Å². The standard InChI is InChI=1S/C29H28BrF3O2S/c1-27(2,3)19-9-11-21-17(15-19)7-13-23(35-29(31,32)33)25(21)26-22-12-10-20(28(4,5)6)16-18(22)8-14-24(26)36(30)34/h7-16H,1-6H3. The van der Waals surface area contributed by atoms with Crippen LogP contribution in [0.4, 0.5) is 13.2 Å². The number of hydrogen-bond donors (Lipinski definition) is 0. The van der Waals surface area contributed by atoms with Crippen molar-refractivity contribution < 1.29 is 22.1 Å². The molecule has 0 bridgehead atoms. The Labute approximate surface area is 219 Å². The molecule has 0 heterocycles. The summed E-state index contributed by atoms with van der Waals surface area (Å²) in [5.41, 5.74) is 2.62. The minimum Gasteiger partial charge on any atom is -0.405 e. The molecule has 0 amide bonds. The highest BCUT2D eigenvalue weighted by Crippen LogP contribution is 2.46. The molecule has 7 heteroatoms. The Hall–Kier alpha value is -2.38. The van der Waals surface area contributed by atoms with Gasteiger partial charge in [-0.2, -0.15) is 0 Å². The van der Waals surface area contributed by atoms with Crippen molar-refractivity contribution in [1.29, 1.82) is 0 Å². The summed E-state index contributed by atoms with van der Waals surface area (Å²) in [4.78, 5) is 0.380. The molecule has 0 saturated carbocycles. The van der Waals surface area contributed by atoms with Crippen LogP contribution in [0.15, 0.2) is 65.6 Å². The molecule has 190 valence electrons. The summed E-state index contributed by atoms with van der Waals surface area (Å²) in [6, 6.07) is 18.2. The van der Waals surface area contributed by atoms with Crippen molar-refractivity contribution in [3.05, 3.63) is 71.8 Å². The van der Waals surface area contributed by atoms with Gasteiger partial charge < -0.3 is 4.74 Å². The Bertz CT molecular complexity index is 1500. The second-order valence-corrected chi connectivity index (χ2v) is 13.7. The first-order chi connectivity index (χ1) is 16.6. The van der Waals surface area contributed by atoms with Gasteiger partial charge in [-0.15, -0.1) is 13.2 Å². The topological polar surface area (TPSA) is 26.3 Å². The van der Waals surface area contributed by atoms with E-state index in [2.05, 4.69) is 61.1 Å². The average Bonchev–Trinajstić information content (AvgIpc) is 2.75. The van der Waals surface area contributed by atoms with Crippen molar-refractivity contribution in [2.24, 2.45) is 0 Å². The van der Waals surface area contributed by atoms with Crippen LogP contribution in [0.3, 0.4) is 0 Å². The third-order valence-corrected chi connectivity index (χ3v) is 8.08. The van der Waals surface area contributed by atoms with E-state index in [1.165, 1.54) is 6.07 Å². The first-order valence-corrected chi connectivity index (χ1v) is 14.5. The van der Waals surface area contributed by atoms with Gasteiger partial charge >= 0.3 is 6.36 Å². The monoisotopic (exact) mass is 576 g/mol. The van der Waals surface area contributed by atoms with Crippen molar-refractivity contribution in [1.82, 2.24) is 0 Å². The number of fused-ring (bicyclic) bond motifs is 2. The van der Waals surface area contributed by atoms with Crippen LogP contribution in [0, 0.1) is 0 Å². The SMILES string of the molecule is CC(C)(C)c1ccc2c(-c3c(S(=O)Br)ccc4cc(C(C)(C)C)ccc34)c(OC(F)(F)F)ccc2c1. The zero-order valence-electron chi connectivity index (χ0n) is 21.0. The van der Waals surface area contributed by atoms with Gasteiger partial charge in [0.05, 0.1) is 4.90 Å². The van der Waals surface area contributed by atoms with Crippen LogP contribution in [0.2, 0.25) is 0 Å². The Balaban J connectivity index is 2.15. The van der Waals surface area contributed by atoms with E-state index in [0.29, 0.717) is 21.2 Å². The van der Waals surface area contributed by atoms with Crippen molar-refractivity contribution in [3.63, 3.8) is 0 Å². The molecular formula is C29H28BrF3O2S. The van der Waals surface area contributed by atoms with E-state index in [9.17, 15) is 17.4 Å². The first-order valence-electron chi connectivity index (χ1n) is 11.5. The zero-order chi connectivity index (χ0) is 26.6. The van der Waals surface area contributed by atoms with Crippen molar-refractivity contribution >= 4 is 45.6 Å². The molecule has 0 fully saturated rings. The van der Waals surface area contributed by atoms with Crippen LogP contribution in [0.25, 0.3) is 32.7 Å². The molecule has 0 aliphatic rings. The molecule has 2 nitrogen and oxygen atoms in total. The number of halogens is 4. The smallest absolute Gasteiger partial charge is 0.405 e. The molecule has 0 N–H and O–H groups in total. The molecule has 0 saturated heterocycles. The van der Waals surface area contributed by atoms with E-state index in [4.69, 9.17) is 0 Å². The second kappa shape index (κ2) is 9.18. The highest BCUT2D eigenvalue weighted by atomic mass is 79.9. The lowest BCUT2D eigenvalue weighted by molar-refractivity contribution is -0.274. The summed E-state index contributed by atoms with van der Waals surface area (Å²) in [5.74, 6) is -0.329. The van der Waals surface area contributed by atoms with Gasteiger partial charge in [0, 0.05) is 25.9 Å². The fourth-order valence-electron chi connectivity index (χ4n) is 4.41. The number of rotatable bonds is 3. The van der Waals surface area contributed by atoms with Crippen LogP contribution < -0.4 is 4.74 Å². The molecule has 1 unspecified atom stereocenters. The van der Waals surface area contributed by atoms with Crippen molar-refractivity contribution in [2.75, 3.05) is 0 Å². The lowest BCUT2D eigenvalue weighted by Gasteiger charge is -2.23. The van der Waals surface area contributed by atoms with Gasteiger partial charge in [-0.25, -0.2) is 4.21 Å². The summed E-state index contributed by atoms with van der Waals surface area (Å²) >= 11 is 3.16. The Morgan fingerprint density at radius 3 is 1.61 bits per heavy atom. The highest BCUT2D eigenvalue weighted by Gasteiger charge is 2.33. The van der Waals surface area contributed by atoms with Crippen LogP contribution in [-0.4, -0.2) is 10.6 Å². The first kappa shape index (κ1) is 26.7. The number of hydrogen-bond acceptors (Lipinski definition) is 2. The third kappa shape index (κ3) is 5.32. The molecule has 1 atom stereocenters. The Kier molecular flexibility index (Phi) is 6.80. The summed E-state index contributed by atoms with van der Waals surface area (Å²) in [6.07, 6.45) is -4.88. The fraction of sp³-hybridized carbons (Fsp3) is 0.310. The van der Waals surface area contributed by atoms with Gasteiger partial charge in [0.25, 0.3) is 0 Å². The maximum atomic E-state index is 13.5. The minimum atomic E-state index is -4.88. The van der Waals surface area contributed by atoms with Crippen LogP contribution in [0.5, 0.6) is 5.75 Å².